The van der Waals surface area contributed by atoms with Crippen LogP contribution >= 0.6 is 0 Å². The number of carboxylic acids is 1. The molecule has 0 saturated carbocycles. The average Bonchev–Trinajstić information content (AvgIpc) is 2.27. The molecule has 6 nitrogen and oxygen atoms in total. The molecule has 106 valence electrons. The number of carboxylic acid groups (broad SMARTS) is 1. The fourth-order valence-corrected chi connectivity index (χ4v) is 1.67. The smallest absolute Gasteiger partial charge is 0.323 e. The first-order valence-electron chi connectivity index (χ1n) is 6.32. The third kappa shape index (κ3) is 5.86. The van der Waals surface area contributed by atoms with Gasteiger partial charge in [0.1, 0.15) is 6.54 Å². The number of urea groups is 1. The van der Waals surface area contributed by atoms with E-state index in [1.54, 1.807) is 4.90 Å². The van der Waals surface area contributed by atoms with Gasteiger partial charge in [-0.1, -0.05) is 6.92 Å². The largest absolute Gasteiger partial charge is 0.480 e. The highest BCUT2D eigenvalue weighted by Gasteiger charge is 2.23. The molecule has 0 aliphatic rings. The van der Waals surface area contributed by atoms with Gasteiger partial charge in [-0.25, -0.2) is 4.79 Å². The van der Waals surface area contributed by atoms with Gasteiger partial charge in [0, 0.05) is 25.7 Å². The number of nitrogens with zero attached hydrogens (tertiary/aromatic N) is 2. The summed E-state index contributed by atoms with van der Waals surface area (Å²) in [6, 6.07) is -0.292. The summed E-state index contributed by atoms with van der Waals surface area (Å²) in [6.07, 6.45) is 1.21. The van der Waals surface area contributed by atoms with E-state index in [0.717, 1.165) is 0 Å². The van der Waals surface area contributed by atoms with Crippen LogP contribution in [0.1, 0.15) is 33.6 Å². The Bertz CT molecular complexity index is 269. The second-order valence-corrected chi connectivity index (χ2v) is 4.46. The van der Waals surface area contributed by atoms with Crippen molar-refractivity contribution in [1.82, 2.24) is 9.80 Å². The van der Waals surface area contributed by atoms with Crippen LogP contribution in [-0.4, -0.2) is 64.3 Å². The minimum absolute atomic E-state index is 0.0165. The van der Waals surface area contributed by atoms with Gasteiger partial charge in [0.2, 0.25) is 0 Å². The second kappa shape index (κ2) is 8.74. The number of hydrogen-bond donors (Lipinski definition) is 2. The fourth-order valence-electron chi connectivity index (χ4n) is 1.67. The molecule has 0 saturated heterocycles. The molecule has 2 N–H and O–H groups in total. The average molecular weight is 260 g/mol. The molecule has 0 unspecified atom stereocenters. The molecule has 0 rings (SSSR count). The minimum Gasteiger partial charge on any atom is -0.480 e. The van der Waals surface area contributed by atoms with Crippen molar-refractivity contribution in [3.8, 4) is 0 Å². The van der Waals surface area contributed by atoms with Crippen molar-refractivity contribution in [2.24, 2.45) is 0 Å². The zero-order chi connectivity index (χ0) is 14.1. The molecule has 0 atom stereocenters. The molecule has 0 heterocycles. The zero-order valence-electron chi connectivity index (χ0n) is 11.4. The number of aliphatic hydroxyl groups excluding tert-OH is 1. The van der Waals surface area contributed by atoms with E-state index in [9.17, 15) is 9.59 Å². The molecule has 0 aromatic heterocycles. The van der Waals surface area contributed by atoms with Gasteiger partial charge in [0.05, 0.1) is 0 Å². The number of aliphatic carboxylic acids is 1. The van der Waals surface area contributed by atoms with Gasteiger partial charge in [-0.3, -0.25) is 4.79 Å². The highest BCUT2D eigenvalue weighted by atomic mass is 16.4. The normalized spacial score (nSPS) is 10.5. The molecule has 0 spiro atoms. The van der Waals surface area contributed by atoms with Gasteiger partial charge in [0.25, 0.3) is 0 Å². The number of carbonyl (C=O) groups is 2. The summed E-state index contributed by atoms with van der Waals surface area (Å²) in [6.45, 7) is 6.24. The molecule has 18 heavy (non-hydrogen) atoms. The lowest BCUT2D eigenvalue weighted by Gasteiger charge is -2.32. The van der Waals surface area contributed by atoms with Crippen LogP contribution in [0, 0.1) is 0 Å². The number of hydrogen-bond acceptors (Lipinski definition) is 3. The summed E-state index contributed by atoms with van der Waals surface area (Å²) < 4.78 is 0. The summed E-state index contributed by atoms with van der Waals surface area (Å²) in [5.74, 6) is -1.01. The first kappa shape index (κ1) is 16.7. The topological polar surface area (TPSA) is 81.1 Å². The predicted octanol–water partition coefficient (Wildman–Crippen LogP) is 0.996. The van der Waals surface area contributed by atoms with Crippen LogP contribution in [0.2, 0.25) is 0 Å². The van der Waals surface area contributed by atoms with Crippen LogP contribution in [0.3, 0.4) is 0 Å². The molecular weight excluding hydrogens is 236 g/mol. The van der Waals surface area contributed by atoms with Crippen LogP contribution in [0.25, 0.3) is 0 Å². The molecule has 0 fully saturated rings. The number of aliphatic hydroxyl groups is 1. The van der Waals surface area contributed by atoms with Gasteiger partial charge in [0.15, 0.2) is 0 Å². The van der Waals surface area contributed by atoms with E-state index in [1.807, 2.05) is 20.8 Å². The van der Waals surface area contributed by atoms with E-state index in [4.69, 9.17) is 10.2 Å². The van der Waals surface area contributed by atoms with Gasteiger partial charge in [-0.05, 0) is 26.7 Å². The van der Waals surface area contributed by atoms with Crippen molar-refractivity contribution >= 4 is 12.0 Å². The van der Waals surface area contributed by atoms with Crippen molar-refractivity contribution in [1.29, 1.82) is 0 Å². The fraction of sp³-hybridized carbons (Fsp3) is 0.833. The number of carbonyl (C=O) groups excluding carboxylic acids is 1. The quantitative estimate of drug-likeness (QED) is 0.682. The predicted molar refractivity (Wildman–Crippen MR) is 68.4 cm³/mol. The standard InChI is InChI=1S/C12H24N2O4/c1-4-6-13(9-11(16)17)12(18)14(10(2)3)7-5-8-15/h10,15H,4-9H2,1-3H3,(H,16,17). The summed E-state index contributed by atoms with van der Waals surface area (Å²) in [7, 11) is 0. The van der Waals surface area contributed by atoms with E-state index in [-0.39, 0.29) is 25.2 Å². The van der Waals surface area contributed by atoms with Gasteiger partial charge >= 0.3 is 12.0 Å². The Morgan fingerprint density at radius 2 is 1.83 bits per heavy atom. The lowest BCUT2D eigenvalue weighted by molar-refractivity contribution is -0.137. The first-order valence-corrected chi connectivity index (χ1v) is 6.32. The molecule has 6 heteroatoms. The number of amides is 2. The van der Waals surface area contributed by atoms with E-state index >= 15 is 0 Å². The monoisotopic (exact) mass is 260 g/mol. The third-order valence-corrected chi connectivity index (χ3v) is 2.52. The maximum absolute atomic E-state index is 12.2. The van der Waals surface area contributed by atoms with E-state index in [0.29, 0.717) is 25.9 Å². The SMILES string of the molecule is CCCN(CC(=O)O)C(=O)N(CCCO)C(C)C. The Hall–Kier alpha value is -1.30. The van der Waals surface area contributed by atoms with Crippen molar-refractivity contribution in [3.63, 3.8) is 0 Å². The van der Waals surface area contributed by atoms with Gasteiger partial charge < -0.3 is 20.0 Å². The highest BCUT2D eigenvalue weighted by molar-refractivity contribution is 5.80. The maximum atomic E-state index is 12.2. The summed E-state index contributed by atoms with van der Waals surface area (Å²) in [5.41, 5.74) is 0. The Kier molecular flexibility index (Phi) is 8.11. The van der Waals surface area contributed by atoms with E-state index in [2.05, 4.69) is 0 Å². The molecule has 0 aliphatic carbocycles. The molecule has 0 radical (unpaired) electrons. The second-order valence-electron chi connectivity index (χ2n) is 4.46. The summed E-state index contributed by atoms with van der Waals surface area (Å²) in [5, 5.41) is 17.6. The van der Waals surface area contributed by atoms with Crippen molar-refractivity contribution < 1.29 is 19.8 Å². The van der Waals surface area contributed by atoms with Crippen LogP contribution in [0.5, 0.6) is 0 Å². The molecule has 0 aliphatic heterocycles. The van der Waals surface area contributed by atoms with Crippen molar-refractivity contribution in [3.05, 3.63) is 0 Å². The van der Waals surface area contributed by atoms with Crippen molar-refractivity contribution in [2.75, 3.05) is 26.2 Å². The van der Waals surface area contributed by atoms with Crippen LogP contribution in [-0.2, 0) is 4.79 Å². The Balaban J connectivity index is 4.70. The molecular formula is C12H24N2O4. The Morgan fingerprint density at radius 1 is 1.22 bits per heavy atom. The minimum atomic E-state index is -1.01. The zero-order valence-corrected chi connectivity index (χ0v) is 11.4. The maximum Gasteiger partial charge on any atom is 0.323 e. The van der Waals surface area contributed by atoms with Crippen LogP contribution in [0.4, 0.5) is 4.79 Å². The van der Waals surface area contributed by atoms with Gasteiger partial charge in [-0.15, -0.1) is 0 Å². The molecule has 0 bridgehead atoms. The summed E-state index contributed by atoms with van der Waals surface area (Å²) >= 11 is 0. The highest BCUT2D eigenvalue weighted by Crippen LogP contribution is 2.06. The molecule has 0 aromatic rings. The van der Waals surface area contributed by atoms with E-state index < -0.39 is 5.97 Å². The van der Waals surface area contributed by atoms with Crippen LogP contribution in [0.15, 0.2) is 0 Å². The Labute approximate surface area is 108 Å². The Morgan fingerprint density at radius 3 is 2.22 bits per heavy atom. The molecule has 2 amide bonds. The van der Waals surface area contributed by atoms with Crippen molar-refractivity contribution in [2.45, 2.75) is 39.7 Å². The lowest BCUT2D eigenvalue weighted by atomic mass is 10.3. The number of rotatable bonds is 8. The first-order chi connectivity index (χ1) is 8.43. The third-order valence-electron chi connectivity index (χ3n) is 2.52. The summed E-state index contributed by atoms with van der Waals surface area (Å²) in [4.78, 5) is 25.9. The van der Waals surface area contributed by atoms with Gasteiger partial charge in [-0.2, -0.15) is 0 Å². The van der Waals surface area contributed by atoms with Crippen LogP contribution < -0.4 is 0 Å². The lowest BCUT2D eigenvalue weighted by Crippen LogP contribution is -2.48. The molecule has 0 aromatic carbocycles. The van der Waals surface area contributed by atoms with E-state index in [1.165, 1.54) is 4.90 Å².